The molecular weight excluding hydrogens is 323 g/mol. The van der Waals surface area contributed by atoms with Crippen molar-refractivity contribution < 1.29 is 22.7 Å². The summed E-state index contributed by atoms with van der Waals surface area (Å²) >= 11 is 0. The zero-order valence-electron chi connectivity index (χ0n) is 12.9. The van der Waals surface area contributed by atoms with Gasteiger partial charge in [-0.3, -0.25) is 4.79 Å². The molecule has 0 aliphatic carbocycles. The number of hydrogen-bond donors (Lipinski definition) is 2. The first-order valence-electron chi connectivity index (χ1n) is 7.07. The van der Waals surface area contributed by atoms with E-state index in [2.05, 4.69) is 15.6 Å². The number of nitrogens with zero attached hydrogens (tertiary/aromatic N) is 1. The average Bonchev–Trinajstić information content (AvgIpc) is 2.55. The molecule has 0 unspecified atom stereocenters. The quantitative estimate of drug-likeness (QED) is 0.792. The molecule has 5 nitrogen and oxygen atoms in total. The Balaban J connectivity index is 1.96. The van der Waals surface area contributed by atoms with E-state index < -0.39 is 17.6 Å². The van der Waals surface area contributed by atoms with Gasteiger partial charge in [0.25, 0.3) is 5.91 Å². The van der Waals surface area contributed by atoms with Crippen molar-refractivity contribution in [1.29, 1.82) is 0 Å². The summed E-state index contributed by atoms with van der Waals surface area (Å²) < 4.78 is 42.4. The molecule has 0 fully saturated rings. The third kappa shape index (κ3) is 4.95. The van der Waals surface area contributed by atoms with Gasteiger partial charge in [-0.25, -0.2) is 4.98 Å². The number of carbonyl (C=O) groups is 1. The van der Waals surface area contributed by atoms with Crippen LogP contribution in [0.15, 0.2) is 42.6 Å². The fraction of sp³-hybridized carbons (Fsp3) is 0.250. The minimum atomic E-state index is -4.41. The van der Waals surface area contributed by atoms with Crippen LogP contribution < -0.4 is 10.6 Å². The zero-order valence-corrected chi connectivity index (χ0v) is 12.9. The van der Waals surface area contributed by atoms with Crippen molar-refractivity contribution in [2.24, 2.45) is 0 Å². The number of amides is 1. The molecule has 1 aromatic heterocycles. The van der Waals surface area contributed by atoms with Gasteiger partial charge in [-0.15, -0.1) is 0 Å². The number of aromatic nitrogens is 1. The summed E-state index contributed by atoms with van der Waals surface area (Å²) in [5.74, 6) is -0.502. The number of halogens is 3. The number of benzene rings is 1. The van der Waals surface area contributed by atoms with Crippen molar-refractivity contribution in [2.75, 3.05) is 30.9 Å². The van der Waals surface area contributed by atoms with Crippen LogP contribution >= 0.6 is 0 Å². The normalized spacial score (nSPS) is 11.2. The molecule has 0 radical (unpaired) electrons. The van der Waals surface area contributed by atoms with Crippen molar-refractivity contribution in [3.63, 3.8) is 0 Å². The van der Waals surface area contributed by atoms with E-state index in [9.17, 15) is 18.0 Å². The molecule has 1 amide bonds. The Kier molecular flexibility index (Phi) is 5.75. The second-order valence-corrected chi connectivity index (χ2v) is 4.88. The zero-order chi connectivity index (χ0) is 17.6. The Hall–Kier alpha value is -2.61. The van der Waals surface area contributed by atoms with Crippen LogP contribution in [0.25, 0.3) is 0 Å². The van der Waals surface area contributed by atoms with Gasteiger partial charge in [0.15, 0.2) is 0 Å². The van der Waals surface area contributed by atoms with E-state index in [1.165, 1.54) is 24.4 Å². The SMILES string of the molecule is COCCNc1ccc(C(=O)Nc2ccc(C(F)(F)F)cc2)nc1. The maximum absolute atomic E-state index is 12.5. The smallest absolute Gasteiger partial charge is 0.383 e. The van der Waals surface area contributed by atoms with E-state index in [1.807, 2.05) is 0 Å². The molecular formula is C16H16F3N3O2. The van der Waals surface area contributed by atoms with Crippen LogP contribution in [-0.4, -0.2) is 31.2 Å². The van der Waals surface area contributed by atoms with Crippen LogP contribution in [0.1, 0.15) is 16.1 Å². The number of rotatable bonds is 6. The van der Waals surface area contributed by atoms with Crippen molar-refractivity contribution in [1.82, 2.24) is 4.98 Å². The Labute approximate surface area is 136 Å². The molecule has 0 atom stereocenters. The Morgan fingerprint density at radius 2 is 1.79 bits per heavy atom. The lowest BCUT2D eigenvalue weighted by atomic mass is 10.2. The van der Waals surface area contributed by atoms with Crippen LogP contribution in [0.3, 0.4) is 0 Å². The molecule has 24 heavy (non-hydrogen) atoms. The Bertz CT molecular complexity index is 670. The van der Waals surface area contributed by atoms with E-state index in [0.29, 0.717) is 13.2 Å². The van der Waals surface area contributed by atoms with Crippen molar-refractivity contribution in [3.8, 4) is 0 Å². The molecule has 0 saturated heterocycles. The molecule has 2 aromatic rings. The van der Waals surface area contributed by atoms with Gasteiger partial charge in [-0.1, -0.05) is 0 Å². The number of ether oxygens (including phenoxy) is 1. The highest BCUT2D eigenvalue weighted by Gasteiger charge is 2.30. The fourth-order valence-corrected chi connectivity index (χ4v) is 1.87. The fourth-order valence-electron chi connectivity index (χ4n) is 1.87. The maximum atomic E-state index is 12.5. The molecule has 0 saturated carbocycles. The summed E-state index contributed by atoms with van der Waals surface area (Å²) in [6, 6.07) is 7.42. The third-order valence-corrected chi connectivity index (χ3v) is 3.10. The van der Waals surface area contributed by atoms with Crippen molar-refractivity contribution in [2.45, 2.75) is 6.18 Å². The van der Waals surface area contributed by atoms with Gasteiger partial charge in [0.1, 0.15) is 5.69 Å². The lowest BCUT2D eigenvalue weighted by Gasteiger charge is -2.09. The van der Waals surface area contributed by atoms with Gasteiger partial charge in [0, 0.05) is 19.3 Å². The summed E-state index contributed by atoms with van der Waals surface area (Å²) in [5, 5.41) is 5.56. The maximum Gasteiger partial charge on any atom is 0.416 e. The summed E-state index contributed by atoms with van der Waals surface area (Å²) in [7, 11) is 1.59. The van der Waals surface area contributed by atoms with Crippen LogP contribution in [0.4, 0.5) is 24.5 Å². The summed E-state index contributed by atoms with van der Waals surface area (Å²) in [5.41, 5.74) is 0.382. The second kappa shape index (κ2) is 7.78. The molecule has 1 heterocycles. The first-order valence-corrected chi connectivity index (χ1v) is 7.07. The molecule has 0 aliphatic heterocycles. The number of anilines is 2. The van der Waals surface area contributed by atoms with E-state index in [0.717, 1.165) is 17.8 Å². The van der Waals surface area contributed by atoms with Gasteiger partial charge in [0.05, 0.1) is 24.1 Å². The lowest BCUT2D eigenvalue weighted by molar-refractivity contribution is -0.137. The predicted molar refractivity (Wildman–Crippen MR) is 84.0 cm³/mol. The molecule has 0 aliphatic rings. The summed E-state index contributed by atoms with van der Waals surface area (Å²) in [4.78, 5) is 16.0. The van der Waals surface area contributed by atoms with Crippen LogP contribution in [0.2, 0.25) is 0 Å². The van der Waals surface area contributed by atoms with Crippen molar-refractivity contribution in [3.05, 3.63) is 53.9 Å². The topological polar surface area (TPSA) is 63.2 Å². The van der Waals surface area contributed by atoms with Crippen LogP contribution in [-0.2, 0) is 10.9 Å². The monoisotopic (exact) mass is 339 g/mol. The molecule has 128 valence electrons. The van der Waals surface area contributed by atoms with E-state index in [-0.39, 0.29) is 11.4 Å². The molecule has 0 bridgehead atoms. The highest BCUT2D eigenvalue weighted by Crippen LogP contribution is 2.29. The largest absolute Gasteiger partial charge is 0.416 e. The van der Waals surface area contributed by atoms with E-state index >= 15 is 0 Å². The Morgan fingerprint density at radius 3 is 2.33 bits per heavy atom. The molecule has 1 aromatic carbocycles. The Morgan fingerprint density at radius 1 is 1.12 bits per heavy atom. The molecule has 8 heteroatoms. The van der Waals surface area contributed by atoms with Crippen LogP contribution in [0, 0.1) is 0 Å². The first kappa shape index (κ1) is 17.7. The number of hydrogen-bond acceptors (Lipinski definition) is 4. The number of nitrogens with one attached hydrogen (secondary N) is 2. The van der Waals surface area contributed by atoms with E-state index in [1.54, 1.807) is 13.2 Å². The van der Waals surface area contributed by atoms with Gasteiger partial charge in [-0.05, 0) is 36.4 Å². The van der Waals surface area contributed by atoms with Gasteiger partial charge < -0.3 is 15.4 Å². The average molecular weight is 339 g/mol. The minimum Gasteiger partial charge on any atom is -0.383 e. The van der Waals surface area contributed by atoms with Gasteiger partial charge >= 0.3 is 6.18 Å². The van der Waals surface area contributed by atoms with Gasteiger partial charge in [-0.2, -0.15) is 13.2 Å². The van der Waals surface area contributed by atoms with Crippen molar-refractivity contribution >= 4 is 17.3 Å². The number of carbonyl (C=O) groups excluding carboxylic acids is 1. The highest BCUT2D eigenvalue weighted by atomic mass is 19.4. The third-order valence-electron chi connectivity index (χ3n) is 3.10. The van der Waals surface area contributed by atoms with Crippen LogP contribution in [0.5, 0.6) is 0 Å². The first-order chi connectivity index (χ1) is 11.4. The number of methoxy groups -OCH3 is 1. The minimum absolute atomic E-state index is 0.159. The van der Waals surface area contributed by atoms with E-state index in [4.69, 9.17) is 4.74 Å². The van der Waals surface area contributed by atoms with Gasteiger partial charge in [0.2, 0.25) is 0 Å². The standard InChI is InChI=1S/C16H16F3N3O2/c1-24-9-8-20-13-6-7-14(21-10-13)15(23)22-12-4-2-11(3-5-12)16(17,18)19/h2-7,10,20H,8-9H2,1H3,(H,22,23). The number of alkyl halides is 3. The molecule has 2 rings (SSSR count). The molecule has 2 N–H and O–H groups in total. The molecule has 0 spiro atoms. The lowest BCUT2D eigenvalue weighted by Crippen LogP contribution is -2.14. The highest BCUT2D eigenvalue weighted by molar-refractivity contribution is 6.02. The predicted octanol–water partition coefficient (Wildman–Crippen LogP) is 3.41. The number of pyridine rings is 1. The summed E-state index contributed by atoms with van der Waals surface area (Å²) in [6.45, 7) is 1.14. The second-order valence-electron chi connectivity index (χ2n) is 4.88. The summed E-state index contributed by atoms with van der Waals surface area (Å²) in [6.07, 6.45) is -2.91.